The van der Waals surface area contributed by atoms with Crippen LogP contribution in [0.2, 0.25) is 0 Å². The Morgan fingerprint density at radius 1 is 1.21 bits per heavy atom. The van der Waals surface area contributed by atoms with Gasteiger partial charge in [0.1, 0.15) is 0 Å². The molecule has 1 amide bonds. The molecule has 2 rings (SSSR count). The summed E-state index contributed by atoms with van der Waals surface area (Å²) in [6.45, 7) is 0.480. The van der Waals surface area contributed by atoms with Gasteiger partial charge in [-0.05, 0) is 18.2 Å². The SMILES string of the molecule is CN(C)c1ccc([N+](=O)[O-])cc1C(=O)NCCSc1ccccc1. The third-order valence-electron chi connectivity index (χ3n) is 3.32. The van der Waals surface area contributed by atoms with Crippen molar-refractivity contribution in [3.63, 3.8) is 0 Å². The lowest BCUT2D eigenvalue weighted by molar-refractivity contribution is -0.384. The number of hydrogen-bond acceptors (Lipinski definition) is 5. The van der Waals surface area contributed by atoms with Crippen LogP contribution < -0.4 is 10.2 Å². The molecule has 0 aliphatic rings. The van der Waals surface area contributed by atoms with Gasteiger partial charge in [0.15, 0.2) is 0 Å². The van der Waals surface area contributed by atoms with Crippen molar-refractivity contribution in [1.29, 1.82) is 0 Å². The van der Waals surface area contributed by atoms with E-state index in [1.165, 1.54) is 12.1 Å². The van der Waals surface area contributed by atoms with Crippen molar-refractivity contribution in [2.75, 3.05) is 31.3 Å². The van der Waals surface area contributed by atoms with Gasteiger partial charge in [-0.3, -0.25) is 14.9 Å². The summed E-state index contributed by atoms with van der Waals surface area (Å²) >= 11 is 1.64. The fourth-order valence-corrected chi connectivity index (χ4v) is 2.94. The average Bonchev–Trinajstić information content (AvgIpc) is 2.58. The van der Waals surface area contributed by atoms with E-state index in [1.807, 2.05) is 30.3 Å². The normalized spacial score (nSPS) is 10.2. The lowest BCUT2D eigenvalue weighted by Crippen LogP contribution is -2.27. The first-order valence-corrected chi connectivity index (χ1v) is 8.39. The van der Waals surface area contributed by atoms with E-state index in [2.05, 4.69) is 5.32 Å². The van der Waals surface area contributed by atoms with E-state index in [9.17, 15) is 14.9 Å². The van der Waals surface area contributed by atoms with Gasteiger partial charge >= 0.3 is 0 Å². The van der Waals surface area contributed by atoms with Crippen molar-refractivity contribution in [1.82, 2.24) is 5.32 Å². The van der Waals surface area contributed by atoms with Gasteiger partial charge in [0.2, 0.25) is 0 Å². The van der Waals surface area contributed by atoms with Gasteiger partial charge in [0.05, 0.1) is 10.5 Å². The number of nitrogens with one attached hydrogen (secondary N) is 1. The van der Waals surface area contributed by atoms with E-state index >= 15 is 0 Å². The summed E-state index contributed by atoms with van der Waals surface area (Å²) in [6.07, 6.45) is 0. The van der Waals surface area contributed by atoms with Crippen LogP contribution in [-0.4, -0.2) is 37.2 Å². The number of rotatable bonds is 7. The first-order chi connectivity index (χ1) is 11.5. The maximum absolute atomic E-state index is 12.4. The van der Waals surface area contributed by atoms with Gasteiger partial charge < -0.3 is 10.2 Å². The van der Waals surface area contributed by atoms with Crippen LogP contribution in [0.25, 0.3) is 0 Å². The number of nitro benzene ring substituents is 1. The van der Waals surface area contributed by atoms with Crippen molar-refractivity contribution >= 4 is 29.0 Å². The molecule has 0 unspecified atom stereocenters. The van der Waals surface area contributed by atoms with Crippen molar-refractivity contribution in [3.8, 4) is 0 Å². The zero-order valence-electron chi connectivity index (χ0n) is 13.6. The smallest absolute Gasteiger partial charge is 0.270 e. The van der Waals surface area contributed by atoms with E-state index in [4.69, 9.17) is 0 Å². The molecule has 0 radical (unpaired) electrons. The Hall–Kier alpha value is -2.54. The summed E-state index contributed by atoms with van der Waals surface area (Å²) in [5.74, 6) is 0.415. The molecule has 0 atom stereocenters. The van der Waals surface area contributed by atoms with Gasteiger partial charge in [0, 0.05) is 49.1 Å². The van der Waals surface area contributed by atoms with Crippen LogP contribution in [0.3, 0.4) is 0 Å². The monoisotopic (exact) mass is 345 g/mol. The number of nitrogens with zero attached hydrogens (tertiary/aromatic N) is 2. The molecule has 24 heavy (non-hydrogen) atoms. The molecule has 126 valence electrons. The second kappa shape index (κ2) is 8.35. The third-order valence-corrected chi connectivity index (χ3v) is 4.33. The minimum absolute atomic E-state index is 0.0931. The van der Waals surface area contributed by atoms with E-state index in [0.29, 0.717) is 17.8 Å². The minimum atomic E-state index is -0.499. The molecule has 0 heterocycles. The molecule has 0 fully saturated rings. The van der Waals surface area contributed by atoms with Crippen LogP contribution in [0.4, 0.5) is 11.4 Å². The summed E-state index contributed by atoms with van der Waals surface area (Å²) < 4.78 is 0. The van der Waals surface area contributed by atoms with Crippen molar-refractivity contribution in [2.45, 2.75) is 4.90 Å². The number of nitro groups is 1. The highest BCUT2D eigenvalue weighted by Gasteiger charge is 2.17. The van der Waals surface area contributed by atoms with Crippen molar-refractivity contribution in [3.05, 3.63) is 64.2 Å². The van der Waals surface area contributed by atoms with E-state index < -0.39 is 4.92 Å². The Kier molecular flexibility index (Phi) is 6.20. The highest BCUT2D eigenvalue weighted by molar-refractivity contribution is 7.99. The van der Waals surface area contributed by atoms with Gasteiger partial charge in [0.25, 0.3) is 11.6 Å². The zero-order valence-corrected chi connectivity index (χ0v) is 14.4. The Bertz CT molecular complexity index is 720. The molecule has 0 saturated heterocycles. The second-order valence-electron chi connectivity index (χ2n) is 5.27. The van der Waals surface area contributed by atoms with E-state index in [0.717, 1.165) is 10.6 Å². The molecule has 2 aromatic rings. The first-order valence-electron chi connectivity index (χ1n) is 7.41. The average molecular weight is 345 g/mol. The third kappa shape index (κ3) is 4.73. The standard InChI is InChI=1S/C17H19N3O3S/c1-19(2)16-9-8-13(20(22)23)12-15(16)17(21)18-10-11-24-14-6-4-3-5-7-14/h3-9,12H,10-11H2,1-2H3,(H,18,21). The molecule has 6 nitrogen and oxygen atoms in total. The van der Waals surface area contributed by atoms with Gasteiger partial charge in [-0.2, -0.15) is 0 Å². The first kappa shape index (κ1) is 17.8. The number of anilines is 1. The van der Waals surface area contributed by atoms with Gasteiger partial charge in [-0.15, -0.1) is 11.8 Å². The lowest BCUT2D eigenvalue weighted by atomic mass is 10.1. The molecule has 0 spiro atoms. The Balaban J connectivity index is 2.00. The molecule has 0 aromatic heterocycles. The predicted octanol–water partition coefficient (Wildman–Crippen LogP) is 3.18. The predicted molar refractivity (Wildman–Crippen MR) is 96.9 cm³/mol. The molecule has 0 aliphatic heterocycles. The quantitative estimate of drug-likeness (QED) is 0.361. The summed E-state index contributed by atoms with van der Waals surface area (Å²) in [7, 11) is 3.59. The fourth-order valence-electron chi connectivity index (χ4n) is 2.15. The molecular weight excluding hydrogens is 326 g/mol. The number of hydrogen-bond donors (Lipinski definition) is 1. The topological polar surface area (TPSA) is 75.5 Å². The highest BCUT2D eigenvalue weighted by Crippen LogP contribution is 2.24. The number of non-ortho nitro benzene ring substituents is 1. The molecule has 7 heteroatoms. The zero-order chi connectivity index (χ0) is 17.5. The number of thioether (sulfide) groups is 1. The minimum Gasteiger partial charge on any atom is -0.377 e. The second-order valence-corrected chi connectivity index (χ2v) is 6.44. The van der Waals surface area contributed by atoms with Crippen LogP contribution in [0.1, 0.15) is 10.4 Å². The van der Waals surface area contributed by atoms with E-state index in [-0.39, 0.29) is 11.6 Å². The number of carbonyl (C=O) groups excluding carboxylic acids is 1. The lowest BCUT2D eigenvalue weighted by Gasteiger charge is -2.17. The molecule has 0 aliphatic carbocycles. The largest absolute Gasteiger partial charge is 0.377 e. The van der Waals surface area contributed by atoms with Crippen molar-refractivity contribution in [2.24, 2.45) is 0 Å². The summed E-state index contributed by atoms with van der Waals surface area (Å²) in [6, 6.07) is 14.2. The molecule has 0 saturated carbocycles. The number of carbonyl (C=O) groups is 1. The van der Waals surface area contributed by atoms with Gasteiger partial charge in [-0.25, -0.2) is 0 Å². The van der Waals surface area contributed by atoms with Crippen LogP contribution in [0.15, 0.2) is 53.4 Å². The summed E-state index contributed by atoms with van der Waals surface area (Å²) in [5.41, 5.74) is 0.858. The van der Waals surface area contributed by atoms with Crippen LogP contribution in [-0.2, 0) is 0 Å². The Morgan fingerprint density at radius 2 is 1.92 bits per heavy atom. The molecule has 1 N–H and O–H groups in total. The molecule has 0 bridgehead atoms. The fraction of sp³-hybridized carbons (Fsp3) is 0.235. The van der Waals surface area contributed by atoms with Crippen molar-refractivity contribution < 1.29 is 9.72 Å². The Labute approximate surface area is 145 Å². The Morgan fingerprint density at radius 3 is 2.54 bits per heavy atom. The van der Waals surface area contributed by atoms with E-state index in [1.54, 1.807) is 36.8 Å². The summed E-state index contributed by atoms with van der Waals surface area (Å²) in [5, 5.41) is 13.8. The molecular formula is C17H19N3O3S. The van der Waals surface area contributed by atoms with Crippen LogP contribution >= 0.6 is 11.8 Å². The number of amides is 1. The maximum Gasteiger partial charge on any atom is 0.270 e. The highest BCUT2D eigenvalue weighted by atomic mass is 32.2. The maximum atomic E-state index is 12.4. The summed E-state index contributed by atoms with van der Waals surface area (Å²) in [4.78, 5) is 25.7. The number of benzene rings is 2. The van der Waals surface area contributed by atoms with Gasteiger partial charge in [-0.1, -0.05) is 18.2 Å². The van der Waals surface area contributed by atoms with Crippen LogP contribution in [0, 0.1) is 10.1 Å². The van der Waals surface area contributed by atoms with Crippen LogP contribution in [0.5, 0.6) is 0 Å². The molecule has 2 aromatic carbocycles.